The molecule has 0 radical (unpaired) electrons. The molecule has 0 heterocycles. The van der Waals surface area contributed by atoms with Gasteiger partial charge in [0, 0.05) is 5.69 Å². The molecule has 0 aromatic heterocycles. The predicted molar refractivity (Wildman–Crippen MR) is 84.1 cm³/mol. The van der Waals surface area contributed by atoms with Gasteiger partial charge in [0.1, 0.15) is 0 Å². The summed E-state index contributed by atoms with van der Waals surface area (Å²) in [5.74, 6) is -0.0799. The molecular weight excluding hydrogens is 318 g/mol. The normalized spacial score (nSPS) is 12.3. The number of azo groups is 1. The molecule has 2 aromatic rings. The number of anilines is 1. The Morgan fingerprint density at radius 1 is 1.00 bits per heavy atom. The fourth-order valence-corrected chi connectivity index (χ4v) is 1.58. The third-order valence-corrected chi connectivity index (χ3v) is 2.95. The van der Waals surface area contributed by atoms with Crippen LogP contribution in [-0.2, 0) is 4.79 Å². The molecule has 4 nitrogen and oxygen atoms in total. The van der Waals surface area contributed by atoms with Gasteiger partial charge in [0.15, 0.2) is 0 Å². The number of benzene rings is 2. The molecule has 1 atom stereocenters. The summed E-state index contributed by atoms with van der Waals surface area (Å²) in [4.78, 5) is 11.3. The summed E-state index contributed by atoms with van der Waals surface area (Å²) in [6.07, 6.45) is 0. The van der Waals surface area contributed by atoms with Crippen LogP contribution in [0.1, 0.15) is 6.92 Å². The first-order valence-electron chi connectivity index (χ1n) is 6.17. The first kappa shape index (κ1) is 14.4. The zero-order valence-corrected chi connectivity index (χ0v) is 12.5. The van der Waals surface area contributed by atoms with E-state index in [4.69, 9.17) is 0 Å². The summed E-state index contributed by atoms with van der Waals surface area (Å²) in [6.45, 7) is 1.78. The van der Waals surface area contributed by atoms with E-state index < -0.39 is 0 Å². The lowest BCUT2D eigenvalue weighted by atomic mass is 10.3. The molecule has 0 spiro atoms. The molecule has 2 rings (SSSR count). The van der Waals surface area contributed by atoms with Gasteiger partial charge in [-0.1, -0.05) is 34.1 Å². The van der Waals surface area contributed by atoms with Crippen molar-refractivity contribution in [3.05, 3.63) is 54.6 Å². The van der Waals surface area contributed by atoms with E-state index in [0.29, 0.717) is 0 Å². The van der Waals surface area contributed by atoms with Crippen molar-refractivity contribution in [1.82, 2.24) is 0 Å². The van der Waals surface area contributed by atoms with Crippen LogP contribution in [0.2, 0.25) is 0 Å². The maximum absolute atomic E-state index is 11.5. The summed E-state index contributed by atoms with van der Waals surface area (Å²) in [5, 5.41) is 11.0. The van der Waals surface area contributed by atoms with Crippen LogP contribution >= 0.6 is 15.9 Å². The van der Waals surface area contributed by atoms with Crippen molar-refractivity contribution in [2.45, 2.75) is 11.8 Å². The summed E-state index contributed by atoms with van der Waals surface area (Å²) < 4.78 is 0. The van der Waals surface area contributed by atoms with Crippen LogP contribution < -0.4 is 5.32 Å². The molecule has 0 saturated carbocycles. The number of nitrogens with one attached hydrogen (secondary N) is 1. The maximum atomic E-state index is 11.5. The van der Waals surface area contributed by atoms with E-state index in [1.165, 1.54) is 0 Å². The van der Waals surface area contributed by atoms with Crippen LogP contribution in [-0.4, -0.2) is 10.7 Å². The fraction of sp³-hybridized carbons (Fsp3) is 0.133. The van der Waals surface area contributed by atoms with Gasteiger partial charge in [-0.2, -0.15) is 10.2 Å². The average molecular weight is 332 g/mol. The van der Waals surface area contributed by atoms with E-state index >= 15 is 0 Å². The SMILES string of the molecule is CC(Br)C(=O)Nc1ccc(N=Nc2ccccc2)cc1. The Hall–Kier alpha value is -2.01. The van der Waals surface area contributed by atoms with Crippen molar-refractivity contribution >= 4 is 38.9 Å². The van der Waals surface area contributed by atoms with Crippen molar-refractivity contribution in [1.29, 1.82) is 0 Å². The summed E-state index contributed by atoms with van der Waals surface area (Å²) in [6, 6.07) is 16.7. The van der Waals surface area contributed by atoms with Crippen molar-refractivity contribution < 1.29 is 4.79 Å². The molecule has 1 unspecified atom stereocenters. The van der Waals surface area contributed by atoms with Gasteiger partial charge in [0.2, 0.25) is 5.91 Å². The second kappa shape index (κ2) is 6.96. The van der Waals surface area contributed by atoms with Crippen molar-refractivity contribution in [3.8, 4) is 0 Å². The molecule has 2 aromatic carbocycles. The van der Waals surface area contributed by atoms with Crippen LogP contribution in [0.15, 0.2) is 64.8 Å². The Labute approximate surface area is 126 Å². The van der Waals surface area contributed by atoms with E-state index in [9.17, 15) is 4.79 Å². The standard InChI is InChI=1S/C15H14BrN3O/c1-11(16)15(20)17-12-7-9-14(10-8-12)19-18-13-5-3-2-4-6-13/h2-11H,1H3,(H,17,20). The zero-order chi connectivity index (χ0) is 14.4. The highest BCUT2D eigenvalue weighted by atomic mass is 79.9. The van der Waals surface area contributed by atoms with Gasteiger partial charge >= 0.3 is 0 Å². The van der Waals surface area contributed by atoms with Gasteiger partial charge in [-0.15, -0.1) is 0 Å². The quantitative estimate of drug-likeness (QED) is 0.633. The molecule has 0 aliphatic carbocycles. The average Bonchev–Trinajstić information content (AvgIpc) is 2.47. The minimum Gasteiger partial charge on any atom is -0.325 e. The smallest absolute Gasteiger partial charge is 0.237 e. The second-order valence-corrected chi connectivity index (χ2v) is 5.56. The van der Waals surface area contributed by atoms with E-state index in [1.54, 1.807) is 31.2 Å². The highest BCUT2D eigenvalue weighted by molar-refractivity contribution is 9.10. The molecule has 0 fully saturated rings. The molecule has 0 aliphatic heterocycles. The minimum absolute atomic E-state index is 0.0799. The number of carbonyl (C=O) groups excluding carboxylic acids is 1. The Balaban J connectivity index is 2.02. The van der Waals surface area contributed by atoms with Crippen molar-refractivity contribution in [2.75, 3.05) is 5.32 Å². The van der Waals surface area contributed by atoms with Gasteiger partial charge in [-0.3, -0.25) is 4.79 Å². The lowest BCUT2D eigenvalue weighted by Crippen LogP contribution is -2.19. The second-order valence-electron chi connectivity index (χ2n) is 4.19. The molecule has 1 N–H and O–H groups in total. The Morgan fingerprint density at radius 3 is 2.10 bits per heavy atom. The van der Waals surface area contributed by atoms with Gasteiger partial charge in [-0.05, 0) is 43.3 Å². The third kappa shape index (κ3) is 4.28. The highest BCUT2D eigenvalue weighted by Crippen LogP contribution is 2.20. The summed E-state index contributed by atoms with van der Waals surface area (Å²) >= 11 is 3.22. The first-order valence-corrected chi connectivity index (χ1v) is 7.08. The fourth-order valence-electron chi connectivity index (χ4n) is 1.46. The molecule has 0 aliphatic rings. The molecule has 20 heavy (non-hydrogen) atoms. The maximum Gasteiger partial charge on any atom is 0.237 e. The number of rotatable bonds is 4. The van der Waals surface area contributed by atoms with Crippen LogP contribution in [0.5, 0.6) is 0 Å². The Kier molecular flexibility index (Phi) is 5.01. The van der Waals surface area contributed by atoms with E-state index in [1.807, 2.05) is 30.3 Å². The van der Waals surface area contributed by atoms with Gasteiger partial charge < -0.3 is 5.32 Å². The lowest BCUT2D eigenvalue weighted by molar-refractivity contribution is -0.115. The van der Waals surface area contributed by atoms with E-state index in [2.05, 4.69) is 31.5 Å². The molecule has 102 valence electrons. The highest BCUT2D eigenvalue weighted by Gasteiger charge is 2.08. The third-order valence-electron chi connectivity index (χ3n) is 2.53. The van der Waals surface area contributed by atoms with E-state index in [0.717, 1.165) is 17.1 Å². The van der Waals surface area contributed by atoms with E-state index in [-0.39, 0.29) is 10.7 Å². The number of alkyl halides is 1. The zero-order valence-electron chi connectivity index (χ0n) is 11.0. The van der Waals surface area contributed by atoms with Crippen LogP contribution in [0.25, 0.3) is 0 Å². The number of hydrogen-bond acceptors (Lipinski definition) is 3. The largest absolute Gasteiger partial charge is 0.325 e. The van der Waals surface area contributed by atoms with Crippen LogP contribution in [0, 0.1) is 0 Å². The predicted octanol–water partition coefficient (Wildman–Crippen LogP) is 4.82. The Morgan fingerprint density at radius 2 is 1.55 bits per heavy atom. The minimum atomic E-state index is -0.222. The summed E-state index contributed by atoms with van der Waals surface area (Å²) in [7, 11) is 0. The topological polar surface area (TPSA) is 53.8 Å². The molecule has 5 heteroatoms. The van der Waals surface area contributed by atoms with Gasteiger partial charge in [-0.25, -0.2) is 0 Å². The molecule has 1 amide bonds. The summed E-state index contributed by atoms with van der Waals surface area (Å²) in [5.41, 5.74) is 2.27. The number of carbonyl (C=O) groups is 1. The molecule has 0 saturated heterocycles. The number of halogens is 1. The van der Waals surface area contributed by atoms with Crippen LogP contribution in [0.3, 0.4) is 0 Å². The first-order chi connectivity index (χ1) is 9.65. The van der Waals surface area contributed by atoms with Crippen LogP contribution in [0.4, 0.5) is 17.1 Å². The van der Waals surface area contributed by atoms with Gasteiger partial charge in [0.25, 0.3) is 0 Å². The molecular formula is C15H14BrN3O. The number of hydrogen-bond donors (Lipinski definition) is 1. The van der Waals surface area contributed by atoms with Gasteiger partial charge in [0.05, 0.1) is 16.2 Å². The van der Waals surface area contributed by atoms with Crippen molar-refractivity contribution in [3.63, 3.8) is 0 Å². The Bertz CT molecular complexity index is 594. The monoisotopic (exact) mass is 331 g/mol. The number of nitrogens with zero attached hydrogens (tertiary/aromatic N) is 2. The number of amides is 1. The molecule has 0 bridgehead atoms. The van der Waals surface area contributed by atoms with Crippen molar-refractivity contribution in [2.24, 2.45) is 10.2 Å². The lowest BCUT2D eigenvalue weighted by Gasteiger charge is -2.06.